The topological polar surface area (TPSA) is 119 Å². The maximum Gasteiger partial charge on any atom is 0.341 e. The van der Waals surface area contributed by atoms with Gasteiger partial charge in [-0.1, -0.05) is 0 Å². The minimum atomic E-state index is -1.33. The molecule has 9 nitrogen and oxygen atoms in total. The molecule has 144 valence electrons. The highest BCUT2D eigenvalue weighted by atomic mass is 19.1. The first-order valence-electron chi connectivity index (χ1n) is 8.89. The van der Waals surface area contributed by atoms with Crippen molar-refractivity contribution in [3.8, 4) is 0 Å². The third-order valence-corrected chi connectivity index (χ3v) is 5.38. The fourth-order valence-electron chi connectivity index (χ4n) is 3.76. The molecular formula is C18H17FN6O3. The van der Waals surface area contributed by atoms with E-state index in [1.165, 1.54) is 6.20 Å². The standard InChI is InChI=1S/C18H17FN6O3/c1-23-15(20)10-5-24(7-13(10)22-23)17-12(19)4-9-14(26)11(18(27)28)6-25(8-2-3-8)16(9)21-17/h4,6,8H,2-3,5,7,20H2,1H3,(H,27,28). The van der Waals surface area contributed by atoms with Crippen molar-refractivity contribution < 1.29 is 14.3 Å². The lowest BCUT2D eigenvalue weighted by Gasteiger charge is -2.19. The first-order chi connectivity index (χ1) is 13.3. The number of rotatable bonds is 3. The molecule has 4 heterocycles. The van der Waals surface area contributed by atoms with Gasteiger partial charge in [-0.3, -0.25) is 9.48 Å². The Balaban J connectivity index is 1.67. The zero-order chi connectivity index (χ0) is 19.7. The van der Waals surface area contributed by atoms with Crippen LogP contribution >= 0.6 is 0 Å². The van der Waals surface area contributed by atoms with E-state index < -0.39 is 17.2 Å². The van der Waals surface area contributed by atoms with Crippen LogP contribution in [-0.2, 0) is 20.1 Å². The second-order valence-corrected chi connectivity index (χ2v) is 7.27. The number of hydrogen-bond donors (Lipinski definition) is 2. The molecule has 28 heavy (non-hydrogen) atoms. The van der Waals surface area contributed by atoms with Gasteiger partial charge in [-0.25, -0.2) is 14.2 Å². The minimum absolute atomic E-state index is 0.0248. The summed E-state index contributed by atoms with van der Waals surface area (Å²) in [6.07, 6.45) is 3.04. The van der Waals surface area contributed by atoms with Crippen molar-refractivity contribution in [3.05, 3.63) is 45.1 Å². The minimum Gasteiger partial charge on any atom is -0.477 e. The van der Waals surface area contributed by atoms with Gasteiger partial charge in [-0.2, -0.15) is 5.10 Å². The van der Waals surface area contributed by atoms with Crippen LogP contribution in [-0.4, -0.2) is 30.4 Å². The molecule has 0 amide bonds. The molecule has 10 heteroatoms. The summed E-state index contributed by atoms with van der Waals surface area (Å²) < 4.78 is 18.2. The van der Waals surface area contributed by atoms with Crippen molar-refractivity contribution in [2.45, 2.75) is 32.0 Å². The van der Waals surface area contributed by atoms with Crippen LogP contribution in [0.4, 0.5) is 16.0 Å². The molecule has 3 aromatic rings. The average Bonchev–Trinajstić information content (AvgIpc) is 3.35. The molecule has 2 aliphatic rings. The monoisotopic (exact) mass is 384 g/mol. The molecule has 1 aliphatic carbocycles. The van der Waals surface area contributed by atoms with Gasteiger partial charge in [0.15, 0.2) is 11.6 Å². The van der Waals surface area contributed by atoms with Gasteiger partial charge in [-0.15, -0.1) is 0 Å². The van der Waals surface area contributed by atoms with Gasteiger partial charge in [0.1, 0.15) is 17.0 Å². The largest absolute Gasteiger partial charge is 0.477 e. The quantitative estimate of drug-likeness (QED) is 0.700. The molecule has 0 atom stereocenters. The fourth-order valence-corrected chi connectivity index (χ4v) is 3.76. The Morgan fingerprint density at radius 2 is 2.11 bits per heavy atom. The van der Waals surface area contributed by atoms with Gasteiger partial charge >= 0.3 is 5.97 Å². The van der Waals surface area contributed by atoms with E-state index in [1.807, 2.05) is 0 Å². The SMILES string of the molecule is Cn1nc2c(c1N)CN(c1nc3c(cc1F)c(=O)c(C(=O)O)cn3C1CC1)C2. The number of aromatic carboxylic acids is 1. The van der Waals surface area contributed by atoms with Crippen LogP contribution in [0.25, 0.3) is 11.0 Å². The number of aryl methyl sites for hydroxylation is 1. The maximum atomic E-state index is 14.9. The number of hydrogen-bond acceptors (Lipinski definition) is 6. The van der Waals surface area contributed by atoms with E-state index in [1.54, 1.807) is 21.2 Å². The van der Waals surface area contributed by atoms with Crippen molar-refractivity contribution in [1.29, 1.82) is 0 Å². The van der Waals surface area contributed by atoms with Crippen LogP contribution in [0.3, 0.4) is 0 Å². The van der Waals surface area contributed by atoms with Crippen LogP contribution in [0.1, 0.15) is 40.5 Å². The van der Waals surface area contributed by atoms with Gasteiger partial charge in [0.05, 0.1) is 24.2 Å². The van der Waals surface area contributed by atoms with Crippen molar-refractivity contribution in [1.82, 2.24) is 19.3 Å². The Morgan fingerprint density at radius 1 is 1.36 bits per heavy atom. The van der Waals surface area contributed by atoms with E-state index in [9.17, 15) is 19.1 Å². The smallest absolute Gasteiger partial charge is 0.341 e. The average molecular weight is 384 g/mol. The number of carboxylic acids is 1. The molecule has 1 aliphatic heterocycles. The summed E-state index contributed by atoms with van der Waals surface area (Å²) in [4.78, 5) is 30.1. The number of fused-ring (bicyclic) bond motifs is 2. The summed E-state index contributed by atoms with van der Waals surface area (Å²) in [6.45, 7) is 0.724. The number of aromatic nitrogens is 4. The number of nitrogen functional groups attached to an aromatic ring is 1. The van der Waals surface area contributed by atoms with E-state index in [0.717, 1.165) is 30.2 Å². The van der Waals surface area contributed by atoms with E-state index in [0.29, 0.717) is 24.6 Å². The third-order valence-electron chi connectivity index (χ3n) is 5.38. The molecule has 0 unspecified atom stereocenters. The van der Waals surface area contributed by atoms with Crippen LogP contribution in [0.5, 0.6) is 0 Å². The van der Waals surface area contributed by atoms with Crippen molar-refractivity contribution in [2.75, 3.05) is 10.6 Å². The first kappa shape index (κ1) is 16.7. The highest BCUT2D eigenvalue weighted by Gasteiger charge is 2.31. The molecule has 0 radical (unpaired) electrons. The van der Waals surface area contributed by atoms with Crippen molar-refractivity contribution >= 4 is 28.6 Å². The number of pyridine rings is 2. The van der Waals surface area contributed by atoms with E-state index in [4.69, 9.17) is 5.73 Å². The van der Waals surface area contributed by atoms with E-state index in [2.05, 4.69) is 10.1 Å². The molecule has 0 bridgehead atoms. The van der Waals surface area contributed by atoms with Crippen LogP contribution in [0.2, 0.25) is 0 Å². The van der Waals surface area contributed by atoms with Crippen LogP contribution in [0, 0.1) is 5.82 Å². The zero-order valence-corrected chi connectivity index (χ0v) is 15.0. The van der Waals surface area contributed by atoms with Crippen LogP contribution in [0.15, 0.2) is 17.1 Å². The number of nitrogens with two attached hydrogens (primary N) is 1. The molecule has 1 fully saturated rings. The number of anilines is 2. The van der Waals surface area contributed by atoms with Gasteiger partial charge in [-0.05, 0) is 18.9 Å². The highest BCUT2D eigenvalue weighted by Crippen LogP contribution is 2.38. The normalized spacial score (nSPS) is 16.0. The molecule has 3 N–H and O–H groups in total. The Bertz CT molecular complexity index is 1230. The summed E-state index contributed by atoms with van der Waals surface area (Å²) in [5.41, 5.74) is 6.82. The van der Waals surface area contributed by atoms with Gasteiger partial charge < -0.3 is 20.3 Å². The predicted octanol–water partition coefficient (Wildman–Crippen LogP) is 1.40. The lowest BCUT2D eigenvalue weighted by Crippen LogP contribution is -2.23. The van der Waals surface area contributed by atoms with Crippen LogP contribution < -0.4 is 16.1 Å². The fraction of sp³-hybridized carbons (Fsp3) is 0.333. The molecule has 0 aromatic carbocycles. The van der Waals surface area contributed by atoms with Crippen molar-refractivity contribution in [3.63, 3.8) is 0 Å². The summed E-state index contributed by atoms with van der Waals surface area (Å²) in [5, 5.41) is 13.6. The summed E-state index contributed by atoms with van der Waals surface area (Å²) >= 11 is 0. The zero-order valence-electron chi connectivity index (χ0n) is 15.0. The molecule has 1 saturated carbocycles. The van der Waals surface area contributed by atoms with Gasteiger partial charge in [0.25, 0.3) is 0 Å². The number of nitrogens with zero attached hydrogens (tertiary/aromatic N) is 5. The predicted molar refractivity (Wildman–Crippen MR) is 98.7 cm³/mol. The second-order valence-electron chi connectivity index (χ2n) is 7.27. The lowest BCUT2D eigenvalue weighted by molar-refractivity contribution is 0.0695. The molecular weight excluding hydrogens is 367 g/mol. The molecule has 0 saturated heterocycles. The number of carbonyl (C=O) groups is 1. The summed E-state index contributed by atoms with van der Waals surface area (Å²) in [6, 6.07) is 1.16. The Labute approximate surface area is 157 Å². The lowest BCUT2D eigenvalue weighted by atomic mass is 10.2. The summed E-state index contributed by atoms with van der Waals surface area (Å²) in [7, 11) is 1.75. The number of carboxylic acid groups (broad SMARTS) is 1. The van der Waals surface area contributed by atoms with Gasteiger partial charge in [0.2, 0.25) is 5.43 Å². The maximum absolute atomic E-state index is 14.9. The number of halogens is 1. The van der Waals surface area contributed by atoms with E-state index >= 15 is 0 Å². The third kappa shape index (κ3) is 2.30. The van der Waals surface area contributed by atoms with Crippen molar-refractivity contribution in [2.24, 2.45) is 7.05 Å². The van der Waals surface area contributed by atoms with Gasteiger partial charge in [0, 0.05) is 24.8 Å². The molecule has 3 aromatic heterocycles. The Morgan fingerprint density at radius 3 is 2.75 bits per heavy atom. The molecule has 0 spiro atoms. The Kier molecular flexibility index (Phi) is 3.31. The molecule has 5 rings (SSSR count). The Hall–Kier alpha value is -3.43. The van der Waals surface area contributed by atoms with E-state index in [-0.39, 0.29) is 22.8 Å². The summed E-state index contributed by atoms with van der Waals surface area (Å²) in [5.74, 6) is -1.38. The highest BCUT2D eigenvalue weighted by molar-refractivity contribution is 5.92. The second kappa shape index (κ2) is 5.54. The first-order valence-corrected chi connectivity index (χ1v) is 8.89.